The van der Waals surface area contributed by atoms with E-state index >= 15 is 0 Å². The summed E-state index contributed by atoms with van der Waals surface area (Å²) in [6.07, 6.45) is 0. The highest BCUT2D eigenvalue weighted by atomic mass is 16.1. The van der Waals surface area contributed by atoms with Crippen LogP contribution in [-0.4, -0.2) is 18.9 Å². The van der Waals surface area contributed by atoms with E-state index in [2.05, 4.69) is 40.0 Å². The highest BCUT2D eigenvalue weighted by Crippen LogP contribution is 2.12. The van der Waals surface area contributed by atoms with E-state index < -0.39 is 0 Å². The molecule has 0 aliphatic heterocycles. The average Bonchev–Trinajstić information content (AvgIpc) is 2.59. The van der Waals surface area contributed by atoms with Crippen LogP contribution in [0.15, 0.2) is 59.6 Å². The molecule has 3 N–H and O–H groups in total. The van der Waals surface area contributed by atoms with Crippen LogP contribution in [0.4, 0.5) is 5.69 Å². The number of nitrogens with zero attached hydrogens (tertiary/aromatic N) is 1. The van der Waals surface area contributed by atoms with E-state index in [1.807, 2.05) is 42.5 Å². The number of nitrogens with one attached hydrogen (secondary N) is 3. The second-order valence-electron chi connectivity index (χ2n) is 5.58. The summed E-state index contributed by atoms with van der Waals surface area (Å²) in [6, 6.07) is 18.1. The Morgan fingerprint density at radius 2 is 1.88 bits per heavy atom. The SMILES string of the molecule is CN=C(NCc1cccc(NC(C)=O)c1)NC(C)c1ccccc1. The van der Waals surface area contributed by atoms with Crippen molar-refractivity contribution in [2.75, 3.05) is 12.4 Å². The molecule has 0 bridgehead atoms. The van der Waals surface area contributed by atoms with Crippen molar-refractivity contribution in [3.05, 3.63) is 65.7 Å². The minimum atomic E-state index is -0.0747. The fourth-order valence-corrected chi connectivity index (χ4v) is 2.37. The van der Waals surface area contributed by atoms with Gasteiger partial charge in [0.2, 0.25) is 5.91 Å². The van der Waals surface area contributed by atoms with Crippen molar-refractivity contribution in [1.29, 1.82) is 0 Å². The summed E-state index contributed by atoms with van der Waals surface area (Å²) >= 11 is 0. The zero-order valence-electron chi connectivity index (χ0n) is 14.3. The molecule has 0 aromatic heterocycles. The molecule has 2 aromatic carbocycles. The summed E-state index contributed by atoms with van der Waals surface area (Å²) in [7, 11) is 1.75. The van der Waals surface area contributed by atoms with Gasteiger partial charge in [0.15, 0.2) is 5.96 Å². The molecule has 0 saturated carbocycles. The van der Waals surface area contributed by atoms with E-state index in [9.17, 15) is 4.79 Å². The number of benzene rings is 2. The molecule has 0 heterocycles. The molecule has 1 amide bonds. The van der Waals surface area contributed by atoms with Crippen LogP contribution < -0.4 is 16.0 Å². The fourth-order valence-electron chi connectivity index (χ4n) is 2.37. The van der Waals surface area contributed by atoms with Crippen molar-refractivity contribution < 1.29 is 4.79 Å². The van der Waals surface area contributed by atoms with Gasteiger partial charge in [0.25, 0.3) is 0 Å². The number of amides is 1. The van der Waals surface area contributed by atoms with Gasteiger partial charge in [-0.1, -0.05) is 42.5 Å². The van der Waals surface area contributed by atoms with Gasteiger partial charge in [-0.25, -0.2) is 0 Å². The molecule has 126 valence electrons. The molecule has 1 unspecified atom stereocenters. The van der Waals surface area contributed by atoms with E-state index in [1.54, 1.807) is 7.05 Å². The first-order chi connectivity index (χ1) is 11.6. The molecular formula is C19H24N4O. The predicted octanol–water partition coefficient (Wildman–Crippen LogP) is 3.07. The van der Waals surface area contributed by atoms with Crippen LogP contribution in [0.5, 0.6) is 0 Å². The van der Waals surface area contributed by atoms with E-state index in [-0.39, 0.29) is 11.9 Å². The topological polar surface area (TPSA) is 65.5 Å². The average molecular weight is 324 g/mol. The quantitative estimate of drug-likeness (QED) is 0.585. The van der Waals surface area contributed by atoms with E-state index in [1.165, 1.54) is 12.5 Å². The Morgan fingerprint density at radius 3 is 2.54 bits per heavy atom. The van der Waals surface area contributed by atoms with E-state index in [0.717, 1.165) is 17.2 Å². The number of carbonyl (C=O) groups excluding carboxylic acids is 1. The van der Waals surface area contributed by atoms with Gasteiger partial charge in [0, 0.05) is 26.2 Å². The summed E-state index contributed by atoms with van der Waals surface area (Å²) in [6.45, 7) is 4.22. The van der Waals surface area contributed by atoms with Crippen LogP contribution in [0.3, 0.4) is 0 Å². The van der Waals surface area contributed by atoms with Crippen molar-refractivity contribution in [3.63, 3.8) is 0 Å². The Bertz CT molecular complexity index is 698. The Kier molecular flexibility index (Phi) is 6.37. The van der Waals surface area contributed by atoms with Crippen LogP contribution in [-0.2, 0) is 11.3 Å². The number of carbonyl (C=O) groups is 1. The maximum atomic E-state index is 11.1. The largest absolute Gasteiger partial charge is 0.352 e. The molecule has 0 spiro atoms. The van der Waals surface area contributed by atoms with Crippen LogP contribution >= 0.6 is 0 Å². The van der Waals surface area contributed by atoms with Crippen LogP contribution in [0.25, 0.3) is 0 Å². The normalized spacial score (nSPS) is 12.4. The first kappa shape index (κ1) is 17.5. The Balaban J connectivity index is 1.93. The summed E-state index contributed by atoms with van der Waals surface area (Å²) in [5.41, 5.74) is 3.06. The number of hydrogen-bond donors (Lipinski definition) is 3. The Hall–Kier alpha value is -2.82. The maximum Gasteiger partial charge on any atom is 0.221 e. The van der Waals surface area contributed by atoms with Crippen LogP contribution in [0.1, 0.15) is 31.0 Å². The lowest BCUT2D eigenvalue weighted by atomic mass is 10.1. The zero-order valence-corrected chi connectivity index (χ0v) is 14.3. The molecule has 0 saturated heterocycles. The molecule has 24 heavy (non-hydrogen) atoms. The molecule has 2 aromatic rings. The van der Waals surface area contributed by atoms with E-state index in [0.29, 0.717) is 6.54 Å². The van der Waals surface area contributed by atoms with Crippen LogP contribution in [0, 0.1) is 0 Å². The smallest absolute Gasteiger partial charge is 0.221 e. The van der Waals surface area contributed by atoms with Crippen LogP contribution in [0.2, 0.25) is 0 Å². The fraction of sp³-hybridized carbons (Fsp3) is 0.263. The monoisotopic (exact) mass is 324 g/mol. The van der Waals surface area contributed by atoms with Crippen molar-refractivity contribution in [2.24, 2.45) is 4.99 Å². The number of hydrogen-bond acceptors (Lipinski definition) is 2. The van der Waals surface area contributed by atoms with Gasteiger partial charge in [0.05, 0.1) is 6.04 Å². The molecule has 0 fully saturated rings. The summed E-state index contributed by atoms with van der Waals surface area (Å²) in [5, 5.41) is 9.45. The maximum absolute atomic E-state index is 11.1. The van der Waals surface area contributed by atoms with Crippen molar-refractivity contribution in [2.45, 2.75) is 26.4 Å². The first-order valence-electron chi connectivity index (χ1n) is 7.97. The van der Waals surface area contributed by atoms with Gasteiger partial charge in [-0.2, -0.15) is 0 Å². The number of aliphatic imine (C=N–C) groups is 1. The molecule has 1 atom stereocenters. The lowest BCUT2D eigenvalue weighted by molar-refractivity contribution is -0.114. The molecule has 0 radical (unpaired) electrons. The van der Waals surface area contributed by atoms with Crippen molar-refractivity contribution in [3.8, 4) is 0 Å². The van der Waals surface area contributed by atoms with Crippen molar-refractivity contribution in [1.82, 2.24) is 10.6 Å². The van der Waals surface area contributed by atoms with Gasteiger partial charge >= 0.3 is 0 Å². The van der Waals surface area contributed by atoms with Gasteiger partial charge in [-0.15, -0.1) is 0 Å². The third kappa shape index (κ3) is 5.43. The summed E-state index contributed by atoms with van der Waals surface area (Å²) in [4.78, 5) is 15.4. The molecule has 5 nitrogen and oxygen atoms in total. The third-order valence-electron chi connectivity index (χ3n) is 3.58. The number of guanidine groups is 1. The lowest BCUT2D eigenvalue weighted by Crippen LogP contribution is -2.38. The lowest BCUT2D eigenvalue weighted by Gasteiger charge is -2.18. The molecule has 2 rings (SSSR count). The second-order valence-corrected chi connectivity index (χ2v) is 5.58. The van der Waals surface area contributed by atoms with Crippen molar-refractivity contribution >= 4 is 17.6 Å². The Morgan fingerprint density at radius 1 is 1.12 bits per heavy atom. The van der Waals surface area contributed by atoms with Gasteiger partial charge in [0.1, 0.15) is 0 Å². The summed E-state index contributed by atoms with van der Waals surface area (Å²) in [5.74, 6) is 0.658. The van der Waals surface area contributed by atoms with Gasteiger partial charge in [-0.05, 0) is 30.2 Å². The second kappa shape index (κ2) is 8.72. The summed E-state index contributed by atoms with van der Waals surface area (Å²) < 4.78 is 0. The van der Waals surface area contributed by atoms with Gasteiger partial charge in [-0.3, -0.25) is 9.79 Å². The number of anilines is 1. The standard InChI is InChI=1S/C19H24N4O/c1-14(17-9-5-4-6-10-17)22-19(20-3)21-13-16-8-7-11-18(12-16)23-15(2)24/h4-12,14H,13H2,1-3H3,(H,23,24)(H2,20,21,22). The first-order valence-corrected chi connectivity index (χ1v) is 7.97. The Labute approximate surface area is 143 Å². The molecule has 5 heteroatoms. The molecule has 0 aliphatic rings. The molecule has 0 aliphatic carbocycles. The van der Waals surface area contributed by atoms with E-state index in [4.69, 9.17) is 0 Å². The minimum Gasteiger partial charge on any atom is -0.352 e. The minimum absolute atomic E-state index is 0.0747. The number of rotatable bonds is 5. The predicted molar refractivity (Wildman–Crippen MR) is 98.9 cm³/mol. The zero-order chi connectivity index (χ0) is 17.4. The third-order valence-corrected chi connectivity index (χ3v) is 3.58. The molecular weight excluding hydrogens is 300 g/mol. The van der Waals surface area contributed by atoms with Gasteiger partial charge < -0.3 is 16.0 Å². The highest BCUT2D eigenvalue weighted by molar-refractivity contribution is 5.88. The highest BCUT2D eigenvalue weighted by Gasteiger charge is 2.07.